The van der Waals surface area contributed by atoms with Crippen LogP contribution in [0.1, 0.15) is 9.67 Å². The van der Waals surface area contributed by atoms with Crippen LogP contribution in [-0.4, -0.2) is 10.5 Å². The van der Waals surface area contributed by atoms with E-state index in [-0.39, 0.29) is 11.7 Å². The lowest BCUT2D eigenvalue weighted by atomic mass is 10.3. The van der Waals surface area contributed by atoms with E-state index in [4.69, 9.17) is 0 Å². The molecule has 1 amide bonds. The monoisotopic (exact) mass is 370 g/mol. The summed E-state index contributed by atoms with van der Waals surface area (Å²) < 4.78 is 17.0. The van der Waals surface area contributed by atoms with E-state index in [0.29, 0.717) is 15.2 Å². The molecule has 20 heavy (non-hydrogen) atoms. The Hall–Kier alpha value is -1.31. The van der Waals surface area contributed by atoms with Gasteiger partial charge in [-0.05, 0) is 40.2 Å². The number of rotatable bonds is 1. The number of thiazole rings is 1. The van der Waals surface area contributed by atoms with Gasteiger partial charge in [-0.2, -0.15) is 4.99 Å². The maximum atomic E-state index is 13.8. The van der Waals surface area contributed by atoms with Gasteiger partial charge in [0.25, 0.3) is 5.91 Å². The van der Waals surface area contributed by atoms with Gasteiger partial charge >= 0.3 is 0 Å². The molecule has 0 bridgehead atoms. The summed E-state index contributed by atoms with van der Waals surface area (Å²) >= 11 is 5.93. The van der Waals surface area contributed by atoms with Crippen LogP contribution in [0.5, 0.6) is 0 Å². The number of aromatic nitrogens is 1. The van der Waals surface area contributed by atoms with E-state index < -0.39 is 0 Å². The third-order valence-electron chi connectivity index (χ3n) is 2.75. The number of nitrogens with zero attached hydrogens (tertiary/aromatic N) is 2. The highest BCUT2D eigenvalue weighted by Gasteiger charge is 2.11. The minimum Gasteiger partial charge on any atom is -0.317 e. The first kappa shape index (κ1) is 13.7. The Morgan fingerprint density at radius 3 is 2.75 bits per heavy atom. The number of hydrogen-bond acceptors (Lipinski definition) is 3. The van der Waals surface area contributed by atoms with Crippen LogP contribution in [0.4, 0.5) is 4.39 Å². The Bertz CT molecular complexity index is 878. The molecule has 1 aromatic carbocycles. The summed E-state index contributed by atoms with van der Waals surface area (Å²) in [6.07, 6.45) is 0. The molecule has 0 aliphatic carbocycles. The highest BCUT2D eigenvalue weighted by Crippen LogP contribution is 2.23. The molecule has 0 N–H and O–H groups in total. The molecule has 0 saturated heterocycles. The molecular formula is C13H8BrFN2OS2. The van der Waals surface area contributed by atoms with Crippen molar-refractivity contribution < 1.29 is 9.18 Å². The van der Waals surface area contributed by atoms with Gasteiger partial charge in [-0.15, -0.1) is 11.3 Å². The number of carbonyl (C=O) groups excluding carboxylic acids is 1. The molecule has 0 atom stereocenters. The van der Waals surface area contributed by atoms with Crippen molar-refractivity contribution in [2.24, 2.45) is 12.0 Å². The number of aryl methyl sites for hydroxylation is 1. The van der Waals surface area contributed by atoms with E-state index in [1.54, 1.807) is 29.8 Å². The van der Waals surface area contributed by atoms with Gasteiger partial charge in [-0.25, -0.2) is 4.39 Å². The lowest BCUT2D eigenvalue weighted by Gasteiger charge is -1.96. The summed E-state index contributed by atoms with van der Waals surface area (Å²) in [5.41, 5.74) is 0.469. The SMILES string of the molecule is Cn1c(=NC(=O)c2ccc(Br)s2)sc2cccc(F)c21. The Morgan fingerprint density at radius 1 is 1.30 bits per heavy atom. The van der Waals surface area contributed by atoms with E-state index in [9.17, 15) is 9.18 Å². The van der Waals surface area contributed by atoms with E-state index in [1.165, 1.54) is 28.7 Å². The second-order valence-electron chi connectivity index (χ2n) is 4.05. The Balaban J connectivity index is 2.15. The number of para-hydroxylation sites is 1. The van der Waals surface area contributed by atoms with Crippen molar-refractivity contribution in [3.05, 3.63) is 49.6 Å². The zero-order chi connectivity index (χ0) is 14.3. The molecule has 0 radical (unpaired) electrons. The highest BCUT2D eigenvalue weighted by molar-refractivity contribution is 9.11. The van der Waals surface area contributed by atoms with Crippen molar-refractivity contribution in [1.29, 1.82) is 0 Å². The van der Waals surface area contributed by atoms with Gasteiger partial charge in [0.2, 0.25) is 0 Å². The molecule has 0 unspecified atom stereocenters. The molecule has 3 nitrogen and oxygen atoms in total. The zero-order valence-electron chi connectivity index (χ0n) is 10.3. The van der Waals surface area contributed by atoms with E-state index in [1.807, 2.05) is 6.07 Å². The largest absolute Gasteiger partial charge is 0.317 e. The number of amides is 1. The van der Waals surface area contributed by atoms with E-state index >= 15 is 0 Å². The van der Waals surface area contributed by atoms with Gasteiger partial charge in [-0.3, -0.25) is 4.79 Å². The minimum atomic E-state index is -0.316. The van der Waals surface area contributed by atoms with Gasteiger partial charge in [0.1, 0.15) is 5.82 Å². The Kier molecular flexibility index (Phi) is 3.57. The standard InChI is InChI=1S/C13H8BrFN2OS2/c1-17-11-7(15)3-2-4-8(11)20-13(17)16-12(18)9-5-6-10(14)19-9/h2-6H,1H3. The molecular weight excluding hydrogens is 363 g/mol. The van der Waals surface area contributed by atoms with Crippen molar-refractivity contribution in [2.75, 3.05) is 0 Å². The molecule has 0 spiro atoms. The van der Waals surface area contributed by atoms with Crippen molar-refractivity contribution in [3.8, 4) is 0 Å². The summed E-state index contributed by atoms with van der Waals surface area (Å²) in [5, 5.41) is 0. The van der Waals surface area contributed by atoms with Gasteiger partial charge in [0.15, 0.2) is 4.80 Å². The number of carbonyl (C=O) groups is 1. The molecule has 2 heterocycles. The third kappa shape index (κ3) is 2.36. The van der Waals surface area contributed by atoms with Crippen molar-refractivity contribution in [2.45, 2.75) is 0 Å². The van der Waals surface area contributed by atoms with Crippen LogP contribution >= 0.6 is 38.6 Å². The average Bonchev–Trinajstić information content (AvgIpc) is 2.96. The number of benzene rings is 1. The summed E-state index contributed by atoms with van der Waals surface area (Å²) in [6.45, 7) is 0. The molecule has 3 rings (SSSR count). The average molecular weight is 371 g/mol. The molecule has 2 aromatic heterocycles. The molecule has 7 heteroatoms. The molecule has 102 valence electrons. The van der Waals surface area contributed by atoms with Crippen molar-refractivity contribution in [1.82, 2.24) is 4.57 Å². The zero-order valence-corrected chi connectivity index (χ0v) is 13.5. The van der Waals surface area contributed by atoms with Gasteiger partial charge < -0.3 is 4.57 Å². The van der Waals surface area contributed by atoms with Crippen LogP contribution < -0.4 is 4.80 Å². The third-order valence-corrected chi connectivity index (χ3v) is 5.46. The first-order chi connectivity index (χ1) is 9.56. The van der Waals surface area contributed by atoms with E-state index in [0.717, 1.165) is 8.49 Å². The summed E-state index contributed by atoms with van der Waals surface area (Å²) in [4.78, 5) is 17.2. The maximum Gasteiger partial charge on any atom is 0.289 e. The normalized spacial score (nSPS) is 12.2. The van der Waals surface area contributed by atoms with Crippen LogP contribution in [-0.2, 0) is 7.05 Å². The van der Waals surface area contributed by atoms with E-state index in [2.05, 4.69) is 20.9 Å². The minimum absolute atomic E-state index is 0.311. The van der Waals surface area contributed by atoms with Crippen molar-refractivity contribution in [3.63, 3.8) is 0 Å². The Labute approximate surface area is 130 Å². The second-order valence-corrected chi connectivity index (χ2v) is 7.52. The highest BCUT2D eigenvalue weighted by atomic mass is 79.9. The quantitative estimate of drug-likeness (QED) is 0.638. The summed E-state index contributed by atoms with van der Waals surface area (Å²) in [6, 6.07) is 8.38. The van der Waals surface area contributed by atoms with Gasteiger partial charge in [0, 0.05) is 7.05 Å². The fraction of sp³-hybridized carbons (Fsp3) is 0.0769. The van der Waals surface area contributed by atoms with Crippen molar-refractivity contribution >= 4 is 54.7 Å². The fourth-order valence-corrected chi connectivity index (χ4v) is 4.14. The molecule has 0 saturated carbocycles. The van der Waals surface area contributed by atoms with Crippen LogP contribution in [0.25, 0.3) is 10.2 Å². The molecule has 0 aliphatic rings. The summed E-state index contributed by atoms with van der Waals surface area (Å²) in [5.74, 6) is -0.628. The first-order valence-corrected chi connectivity index (χ1v) is 8.07. The number of thiophene rings is 1. The van der Waals surface area contributed by atoms with Crippen LogP contribution in [0.2, 0.25) is 0 Å². The second kappa shape index (κ2) is 5.23. The smallest absolute Gasteiger partial charge is 0.289 e. The molecule has 0 fully saturated rings. The topological polar surface area (TPSA) is 34.4 Å². The molecule has 3 aromatic rings. The van der Waals surface area contributed by atoms with Crippen LogP contribution in [0.15, 0.2) is 39.1 Å². The van der Waals surface area contributed by atoms with Gasteiger partial charge in [-0.1, -0.05) is 17.4 Å². The van der Waals surface area contributed by atoms with Crippen LogP contribution in [0.3, 0.4) is 0 Å². The number of hydrogen-bond donors (Lipinski definition) is 0. The summed E-state index contributed by atoms with van der Waals surface area (Å²) in [7, 11) is 1.71. The first-order valence-electron chi connectivity index (χ1n) is 5.64. The van der Waals surface area contributed by atoms with Crippen LogP contribution in [0, 0.1) is 5.82 Å². The molecule has 0 aliphatic heterocycles. The Morgan fingerprint density at radius 2 is 2.10 bits per heavy atom. The number of fused-ring (bicyclic) bond motifs is 1. The van der Waals surface area contributed by atoms with Gasteiger partial charge in [0.05, 0.1) is 18.9 Å². The lowest BCUT2D eigenvalue weighted by molar-refractivity contribution is 0.100. The maximum absolute atomic E-state index is 13.8. The predicted octanol–water partition coefficient (Wildman–Crippen LogP) is 3.94. The lowest BCUT2D eigenvalue weighted by Crippen LogP contribution is -2.13. The number of halogens is 2. The fourth-order valence-electron chi connectivity index (χ4n) is 1.83. The predicted molar refractivity (Wildman–Crippen MR) is 82.7 cm³/mol.